The summed E-state index contributed by atoms with van der Waals surface area (Å²) in [6, 6.07) is 15.8. The van der Waals surface area contributed by atoms with E-state index < -0.39 is 0 Å². The molecule has 37 heavy (non-hydrogen) atoms. The molecule has 0 fully saturated rings. The van der Waals surface area contributed by atoms with E-state index in [1.54, 1.807) is 0 Å². The molecule has 2 aromatic carbocycles. The zero-order valence-corrected chi connectivity index (χ0v) is 22.7. The largest absolute Gasteiger partial charge is 0.385 e. The van der Waals surface area contributed by atoms with Crippen molar-refractivity contribution in [3.8, 4) is 0 Å². The maximum Gasteiger partial charge on any atom is 0.222 e. The van der Waals surface area contributed by atoms with Gasteiger partial charge < -0.3 is 31.1 Å². The van der Waals surface area contributed by atoms with Gasteiger partial charge >= 0.3 is 0 Å². The Morgan fingerprint density at radius 2 is 1.46 bits per heavy atom. The topological polar surface area (TPSA) is 107 Å². The van der Waals surface area contributed by atoms with Gasteiger partial charge in [0.25, 0.3) is 0 Å². The van der Waals surface area contributed by atoms with E-state index in [1.165, 1.54) is 6.08 Å². The third-order valence-electron chi connectivity index (χ3n) is 5.71. The summed E-state index contributed by atoms with van der Waals surface area (Å²) in [6.07, 6.45) is 3.59. The number of aliphatic imine (C=N–C) groups is 2. The maximum atomic E-state index is 12.2. The number of rotatable bonds is 13. The van der Waals surface area contributed by atoms with Gasteiger partial charge in [-0.25, -0.2) is 9.98 Å². The molecule has 2 aromatic rings. The van der Waals surface area contributed by atoms with Crippen LogP contribution in [0.5, 0.6) is 0 Å². The highest BCUT2D eigenvalue weighted by molar-refractivity contribution is 6.47. The van der Waals surface area contributed by atoms with E-state index in [0.29, 0.717) is 11.5 Å². The summed E-state index contributed by atoms with van der Waals surface area (Å²) in [5, 5.41) is 10.1. The predicted octanol–water partition coefficient (Wildman–Crippen LogP) is 3.52. The standard InChI is InChI=1S/C28H40N8O/c1-35(2)18-6-16-30-21-10-14-24(15-11-21)33-28-25(20-26(37)27(29)34-28)32-23-12-8-22(9-13-23)31-17-7-19-36(3,4)5/h8-15,20H,6-7,16-19H2,1-5H3,(H4-,29,30,31,32,33,34,37)/p+1. The van der Waals surface area contributed by atoms with Crippen molar-refractivity contribution in [2.24, 2.45) is 15.7 Å². The van der Waals surface area contributed by atoms with Gasteiger partial charge in [-0.05, 0) is 75.6 Å². The van der Waals surface area contributed by atoms with Crippen LogP contribution in [0.1, 0.15) is 12.8 Å². The van der Waals surface area contributed by atoms with Crippen LogP contribution in [0, 0.1) is 0 Å². The van der Waals surface area contributed by atoms with Crippen molar-refractivity contribution in [2.75, 3.05) is 77.4 Å². The molecule has 3 rings (SSSR count). The van der Waals surface area contributed by atoms with E-state index in [-0.39, 0.29) is 11.6 Å². The average molecular weight is 506 g/mol. The fourth-order valence-corrected chi connectivity index (χ4v) is 3.69. The summed E-state index contributed by atoms with van der Waals surface area (Å²) in [7, 11) is 10.7. The first-order valence-electron chi connectivity index (χ1n) is 12.7. The lowest BCUT2D eigenvalue weighted by Crippen LogP contribution is -2.36. The zero-order chi connectivity index (χ0) is 26.8. The van der Waals surface area contributed by atoms with Gasteiger partial charge in [-0.2, -0.15) is 0 Å². The van der Waals surface area contributed by atoms with Gasteiger partial charge in [-0.1, -0.05) is 0 Å². The van der Waals surface area contributed by atoms with Crippen LogP contribution in [0.4, 0.5) is 22.7 Å². The second-order valence-electron chi connectivity index (χ2n) is 10.5. The van der Waals surface area contributed by atoms with Crippen LogP contribution < -0.4 is 21.7 Å². The van der Waals surface area contributed by atoms with Crippen molar-refractivity contribution in [2.45, 2.75) is 12.8 Å². The van der Waals surface area contributed by atoms with Crippen molar-refractivity contribution in [1.82, 2.24) is 4.90 Å². The van der Waals surface area contributed by atoms with Gasteiger partial charge in [-0.15, -0.1) is 0 Å². The summed E-state index contributed by atoms with van der Waals surface area (Å²) in [5.41, 5.74) is 9.96. The molecule has 1 aliphatic heterocycles. The number of nitrogens with two attached hydrogens (primary N) is 1. The van der Waals surface area contributed by atoms with E-state index >= 15 is 0 Å². The molecule has 0 unspecified atom stereocenters. The Morgan fingerprint density at radius 1 is 0.892 bits per heavy atom. The van der Waals surface area contributed by atoms with Crippen LogP contribution in [0.25, 0.3) is 0 Å². The Bertz CT molecular complexity index is 1130. The van der Waals surface area contributed by atoms with Gasteiger partial charge in [0, 0.05) is 42.6 Å². The number of hydrogen-bond acceptors (Lipinski definition) is 7. The molecule has 0 aromatic heterocycles. The number of nitrogens with one attached hydrogen (secondary N) is 3. The lowest BCUT2D eigenvalue weighted by molar-refractivity contribution is -0.870. The Morgan fingerprint density at radius 3 is 2.05 bits per heavy atom. The van der Waals surface area contributed by atoms with Crippen LogP contribution in [-0.2, 0) is 4.79 Å². The Labute approximate surface area is 220 Å². The van der Waals surface area contributed by atoms with Crippen LogP contribution in [0.3, 0.4) is 0 Å². The Hall–Kier alpha value is -3.69. The molecule has 0 saturated heterocycles. The number of dihydropyridines is 1. The van der Waals surface area contributed by atoms with Crippen LogP contribution in [-0.4, -0.2) is 88.3 Å². The fraction of sp³-hybridized carbons (Fsp3) is 0.393. The second-order valence-corrected chi connectivity index (χ2v) is 10.5. The highest BCUT2D eigenvalue weighted by atomic mass is 16.1. The first-order valence-corrected chi connectivity index (χ1v) is 12.7. The summed E-state index contributed by atoms with van der Waals surface area (Å²) in [6.45, 7) is 3.96. The molecule has 1 aliphatic rings. The number of benzene rings is 2. The monoisotopic (exact) mass is 505 g/mol. The summed E-state index contributed by atoms with van der Waals surface area (Å²) in [4.78, 5) is 23.3. The molecule has 0 spiro atoms. The van der Waals surface area contributed by atoms with Gasteiger partial charge in [0.2, 0.25) is 5.78 Å². The lowest BCUT2D eigenvalue weighted by atomic mass is 10.2. The van der Waals surface area contributed by atoms with Gasteiger partial charge in [0.1, 0.15) is 0 Å². The normalized spacial score (nSPS) is 15.0. The van der Waals surface area contributed by atoms with E-state index in [0.717, 1.165) is 66.3 Å². The highest BCUT2D eigenvalue weighted by Gasteiger charge is 2.19. The zero-order valence-electron chi connectivity index (χ0n) is 22.7. The number of quaternary nitrogens is 1. The van der Waals surface area contributed by atoms with Crippen LogP contribution >= 0.6 is 0 Å². The van der Waals surface area contributed by atoms with Crippen molar-refractivity contribution in [3.63, 3.8) is 0 Å². The maximum absolute atomic E-state index is 12.2. The number of carbonyl (C=O) groups excluding carboxylic acids is 1. The second kappa shape index (κ2) is 13.0. The highest BCUT2D eigenvalue weighted by Crippen LogP contribution is 2.21. The SMILES string of the molecule is CN(C)CCCNc1ccc(N=C2N=C(N)C(=O)C=C2Nc2ccc(NCCC[N+](C)(C)C)cc2)cc1. The van der Waals surface area contributed by atoms with Crippen molar-refractivity contribution >= 4 is 40.2 Å². The third-order valence-corrected chi connectivity index (χ3v) is 5.71. The summed E-state index contributed by atoms with van der Waals surface area (Å²) < 4.78 is 0.952. The van der Waals surface area contributed by atoms with E-state index in [4.69, 9.17) is 5.73 Å². The fourth-order valence-electron chi connectivity index (χ4n) is 3.69. The average Bonchev–Trinajstić information content (AvgIpc) is 2.84. The van der Waals surface area contributed by atoms with E-state index in [2.05, 4.69) is 66.1 Å². The number of carbonyl (C=O) groups is 1. The third kappa shape index (κ3) is 9.70. The number of anilines is 3. The Balaban J connectivity index is 1.63. The molecule has 0 bridgehead atoms. The molecule has 9 heteroatoms. The van der Waals surface area contributed by atoms with Gasteiger partial charge in [0.05, 0.1) is 39.1 Å². The molecule has 0 amide bonds. The van der Waals surface area contributed by atoms with Crippen LogP contribution in [0.2, 0.25) is 0 Å². The number of ketones is 1. The molecule has 198 valence electrons. The number of amidine groups is 2. The molecule has 1 heterocycles. The summed E-state index contributed by atoms with van der Waals surface area (Å²) in [5.74, 6) is -0.0440. The molecule has 0 radical (unpaired) electrons. The first kappa shape index (κ1) is 27.9. The molecule has 9 nitrogen and oxygen atoms in total. The molecule has 5 N–H and O–H groups in total. The van der Waals surface area contributed by atoms with Crippen molar-refractivity contribution in [3.05, 3.63) is 60.3 Å². The minimum atomic E-state index is -0.339. The number of hydrogen-bond donors (Lipinski definition) is 4. The molecule has 0 atom stereocenters. The number of nitrogens with zero attached hydrogens (tertiary/aromatic N) is 4. The van der Waals surface area contributed by atoms with Crippen molar-refractivity contribution < 1.29 is 9.28 Å². The molecular formula is C28H41N8O+. The molecule has 0 saturated carbocycles. The molecule has 0 aliphatic carbocycles. The Kier molecular flexibility index (Phi) is 9.82. The molecular weight excluding hydrogens is 464 g/mol. The quantitative estimate of drug-likeness (QED) is 0.245. The minimum absolute atomic E-state index is 0.0723. The lowest BCUT2D eigenvalue weighted by Gasteiger charge is -2.23. The van der Waals surface area contributed by atoms with E-state index in [1.807, 2.05) is 48.5 Å². The van der Waals surface area contributed by atoms with Gasteiger partial charge in [0.15, 0.2) is 11.7 Å². The summed E-state index contributed by atoms with van der Waals surface area (Å²) >= 11 is 0. The first-order chi connectivity index (χ1) is 17.6. The van der Waals surface area contributed by atoms with E-state index in [9.17, 15) is 4.79 Å². The predicted molar refractivity (Wildman–Crippen MR) is 156 cm³/mol. The smallest absolute Gasteiger partial charge is 0.222 e. The minimum Gasteiger partial charge on any atom is -0.385 e. The van der Waals surface area contributed by atoms with Crippen molar-refractivity contribution in [1.29, 1.82) is 0 Å². The van der Waals surface area contributed by atoms with Crippen LogP contribution in [0.15, 0.2) is 70.3 Å². The van der Waals surface area contributed by atoms with Gasteiger partial charge in [-0.3, -0.25) is 4.79 Å².